The highest BCUT2D eigenvalue weighted by Crippen LogP contribution is 2.55. The number of rotatable bonds is 4. The molecule has 4 N–H and O–H groups in total. The van der Waals surface area contributed by atoms with Gasteiger partial charge in [0.2, 0.25) is 5.91 Å². The molecular weight excluding hydrogens is 214 g/mol. The zero-order valence-corrected chi connectivity index (χ0v) is 10.4. The number of carbonyl (C=O) groups is 1. The lowest BCUT2D eigenvalue weighted by Gasteiger charge is -2.56. The summed E-state index contributed by atoms with van der Waals surface area (Å²) < 4.78 is 0. The molecule has 0 spiro atoms. The molecule has 0 unspecified atom stereocenters. The van der Waals surface area contributed by atoms with Gasteiger partial charge in [0.05, 0.1) is 0 Å². The van der Waals surface area contributed by atoms with Crippen LogP contribution < -0.4 is 16.6 Å². The smallest absolute Gasteiger partial charge is 0.221 e. The Labute approximate surface area is 103 Å². The van der Waals surface area contributed by atoms with Gasteiger partial charge in [-0.25, -0.2) is 0 Å². The highest BCUT2D eigenvalue weighted by molar-refractivity contribution is 5.77. The number of amides is 1. The molecule has 17 heavy (non-hydrogen) atoms. The van der Waals surface area contributed by atoms with Gasteiger partial charge in [-0.05, 0) is 56.3 Å². The van der Waals surface area contributed by atoms with E-state index in [9.17, 15) is 4.79 Å². The molecule has 0 saturated heterocycles. The predicted molar refractivity (Wildman–Crippen MR) is 65.9 cm³/mol. The van der Waals surface area contributed by atoms with Crippen LogP contribution in [0, 0.1) is 17.8 Å². The van der Waals surface area contributed by atoms with Gasteiger partial charge < -0.3 is 5.32 Å². The summed E-state index contributed by atoms with van der Waals surface area (Å²) in [4.78, 5) is 11.9. The first-order valence-corrected chi connectivity index (χ1v) is 6.93. The Morgan fingerprint density at radius 2 is 1.65 bits per heavy atom. The van der Waals surface area contributed by atoms with E-state index in [2.05, 4.69) is 10.7 Å². The second-order valence-corrected chi connectivity index (χ2v) is 6.45. The van der Waals surface area contributed by atoms with Crippen LogP contribution in [-0.2, 0) is 4.79 Å². The lowest BCUT2D eigenvalue weighted by molar-refractivity contribution is -0.126. The molecule has 4 nitrogen and oxygen atoms in total. The van der Waals surface area contributed by atoms with Crippen LogP contribution in [0.4, 0.5) is 0 Å². The Balaban J connectivity index is 1.64. The fourth-order valence-corrected chi connectivity index (χ4v) is 4.81. The highest BCUT2D eigenvalue weighted by Gasteiger charge is 2.51. The van der Waals surface area contributed by atoms with E-state index < -0.39 is 0 Å². The Hall–Kier alpha value is -0.610. The maximum absolute atomic E-state index is 11.9. The number of hydrogen-bond donors (Lipinski definition) is 3. The summed E-state index contributed by atoms with van der Waals surface area (Å²) in [5.41, 5.74) is 2.70. The molecule has 4 bridgehead atoms. The van der Waals surface area contributed by atoms with Crippen LogP contribution in [0.3, 0.4) is 0 Å². The molecule has 4 aliphatic rings. The summed E-state index contributed by atoms with van der Waals surface area (Å²) in [5.74, 6) is 8.03. The number of hydrazine groups is 1. The summed E-state index contributed by atoms with van der Waals surface area (Å²) in [7, 11) is 0. The standard InChI is InChI=1S/C13H23N3O/c14-15-2-1-12(17)16-13-6-9-3-10(7-13)5-11(4-9)8-13/h9-11,15H,1-8,14H2,(H,16,17). The van der Waals surface area contributed by atoms with Crippen molar-refractivity contribution < 1.29 is 4.79 Å². The molecule has 0 heterocycles. The summed E-state index contributed by atoms with van der Waals surface area (Å²) in [5, 5.41) is 3.32. The third kappa shape index (κ3) is 2.20. The minimum atomic E-state index is 0.153. The lowest BCUT2D eigenvalue weighted by Crippen LogP contribution is -2.60. The Bertz CT molecular complexity index is 281. The second-order valence-electron chi connectivity index (χ2n) is 6.45. The maximum Gasteiger partial charge on any atom is 0.221 e. The minimum Gasteiger partial charge on any atom is -0.351 e. The average Bonchev–Trinajstić information content (AvgIpc) is 2.23. The van der Waals surface area contributed by atoms with Crippen LogP contribution in [0.25, 0.3) is 0 Å². The number of hydrogen-bond acceptors (Lipinski definition) is 3. The van der Waals surface area contributed by atoms with Crippen LogP contribution in [0.5, 0.6) is 0 Å². The number of carbonyl (C=O) groups excluding carboxylic acids is 1. The molecule has 0 aromatic carbocycles. The van der Waals surface area contributed by atoms with E-state index in [1.807, 2.05) is 0 Å². The molecule has 4 rings (SSSR count). The van der Waals surface area contributed by atoms with Crippen LogP contribution in [0.2, 0.25) is 0 Å². The van der Waals surface area contributed by atoms with Gasteiger partial charge in [0, 0.05) is 18.5 Å². The van der Waals surface area contributed by atoms with E-state index in [4.69, 9.17) is 5.84 Å². The van der Waals surface area contributed by atoms with Crippen molar-refractivity contribution in [2.45, 2.75) is 50.5 Å². The highest BCUT2D eigenvalue weighted by atomic mass is 16.1. The zero-order chi connectivity index (χ0) is 11.9. The molecule has 0 aromatic heterocycles. The predicted octanol–water partition coefficient (Wildman–Crippen LogP) is 0.925. The molecule has 96 valence electrons. The van der Waals surface area contributed by atoms with Crippen molar-refractivity contribution in [3.05, 3.63) is 0 Å². The lowest BCUT2D eigenvalue weighted by atomic mass is 9.53. The van der Waals surface area contributed by atoms with Gasteiger partial charge in [0.15, 0.2) is 0 Å². The Kier molecular flexibility index (Phi) is 2.87. The molecule has 0 aromatic rings. The van der Waals surface area contributed by atoms with Crippen LogP contribution >= 0.6 is 0 Å². The maximum atomic E-state index is 11.9. The molecule has 0 atom stereocenters. The average molecular weight is 237 g/mol. The van der Waals surface area contributed by atoms with Crippen LogP contribution in [0.15, 0.2) is 0 Å². The van der Waals surface area contributed by atoms with Gasteiger partial charge in [0.1, 0.15) is 0 Å². The first-order chi connectivity index (χ1) is 8.19. The van der Waals surface area contributed by atoms with Crippen molar-refractivity contribution in [3.8, 4) is 0 Å². The third-order valence-corrected chi connectivity index (χ3v) is 4.94. The fraction of sp³-hybridized carbons (Fsp3) is 0.923. The summed E-state index contributed by atoms with van der Waals surface area (Å²) in [6, 6.07) is 0. The summed E-state index contributed by atoms with van der Waals surface area (Å²) in [6.07, 6.45) is 8.42. The van der Waals surface area contributed by atoms with E-state index in [-0.39, 0.29) is 11.4 Å². The number of nitrogens with two attached hydrogens (primary N) is 1. The van der Waals surface area contributed by atoms with Crippen LogP contribution in [0.1, 0.15) is 44.9 Å². The van der Waals surface area contributed by atoms with Crippen molar-refractivity contribution >= 4 is 5.91 Å². The zero-order valence-electron chi connectivity index (χ0n) is 10.4. The molecule has 4 fully saturated rings. The van der Waals surface area contributed by atoms with Crippen LogP contribution in [-0.4, -0.2) is 18.0 Å². The van der Waals surface area contributed by atoms with Gasteiger partial charge in [-0.15, -0.1) is 0 Å². The van der Waals surface area contributed by atoms with Gasteiger partial charge in [-0.2, -0.15) is 0 Å². The molecule has 4 heteroatoms. The first-order valence-electron chi connectivity index (χ1n) is 6.93. The fourth-order valence-electron chi connectivity index (χ4n) is 4.81. The van der Waals surface area contributed by atoms with Crippen molar-refractivity contribution in [1.29, 1.82) is 0 Å². The monoisotopic (exact) mass is 237 g/mol. The Morgan fingerprint density at radius 1 is 1.12 bits per heavy atom. The van der Waals surface area contributed by atoms with Crippen molar-refractivity contribution in [1.82, 2.24) is 10.7 Å². The van der Waals surface area contributed by atoms with Crippen molar-refractivity contribution in [2.75, 3.05) is 6.54 Å². The molecule has 0 radical (unpaired) electrons. The van der Waals surface area contributed by atoms with E-state index >= 15 is 0 Å². The van der Waals surface area contributed by atoms with E-state index in [1.54, 1.807) is 0 Å². The quantitative estimate of drug-likeness (QED) is 0.503. The van der Waals surface area contributed by atoms with Gasteiger partial charge in [-0.1, -0.05) is 0 Å². The van der Waals surface area contributed by atoms with E-state index in [0.717, 1.165) is 17.8 Å². The van der Waals surface area contributed by atoms with Crippen molar-refractivity contribution in [3.63, 3.8) is 0 Å². The first kappa shape index (κ1) is 11.5. The summed E-state index contributed by atoms with van der Waals surface area (Å²) >= 11 is 0. The SMILES string of the molecule is NNCCC(=O)NC12CC3CC(CC(C3)C1)C2. The molecule has 1 amide bonds. The normalized spacial score (nSPS) is 42.8. The van der Waals surface area contributed by atoms with Gasteiger partial charge in [-0.3, -0.25) is 16.1 Å². The summed E-state index contributed by atoms with van der Waals surface area (Å²) in [6.45, 7) is 0.568. The number of nitrogens with one attached hydrogen (secondary N) is 2. The van der Waals surface area contributed by atoms with E-state index in [1.165, 1.54) is 38.5 Å². The van der Waals surface area contributed by atoms with Gasteiger partial charge in [0.25, 0.3) is 0 Å². The minimum absolute atomic E-state index is 0.153. The molecule has 4 aliphatic carbocycles. The molecule has 4 saturated carbocycles. The topological polar surface area (TPSA) is 67.1 Å². The second kappa shape index (κ2) is 4.25. The molecular formula is C13H23N3O. The third-order valence-electron chi connectivity index (χ3n) is 4.94. The van der Waals surface area contributed by atoms with Crippen molar-refractivity contribution in [2.24, 2.45) is 23.6 Å². The van der Waals surface area contributed by atoms with E-state index in [0.29, 0.717) is 13.0 Å². The largest absolute Gasteiger partial charge is 0.351 e. The van der Waals surface area contributed by atoms with Gasteiger partial charge >= 0.3 is 0 Å². The Morgan fingerprint density at radius 3 is 2.12 bits per heavy atom. The molecule has 0 aliphatic heterocycles.